The van der Waals surface area contributed by atoms with E-state index in [1.54, 1.807) is 12.4 Å². The van der Waals surface area contributed by atoms with Gasteiger partial charge in [-0.25, -0.2) is 0 Å². The van der Waals surface area contributed by atoms with Crippen LogP contribution in [0.1, 0.15) is 12.8 Å². The van der Waals surface area contributed by atoms with Gasteiger partial charge in [-0.2, -0.15) is 5.10 Å². The van der Waals surface area contributed by atoms with Crippen LogP contribution in [0.2, 0.25) is 5.02 Å². The molecule has 2 aromatic heterocycles. The fourth-order valence-corrected chi connectivity index (χ4v) is 3.76. The van der Waals surface area contributed by atoms with Crippen molar-refractivity contribution in [1.82, 2.24) is 20.1 Å². The first-order valence-electron chi connectivity index (χ1n) is 9.41. The number of pyridine rings is 1. The number of aromatic amines is 1. The summed E-state index contributed by atoms with van der Waals surface area (Å²) >= 11 is 6.06. The maximum Gasteiger partial charge on any atom is 0.156 e. The van der Waals surface area contributed by atoms with E-state index in [9.17, 15) is 0 Å². The van der Waals surface area contributed by atoms with Crippen molar-refractivity contribution in [2.24, 2.45) is 0 Å². The molecule has 1 saturated heterocycles. The second-order valence-corrected chi connectivity index (χ2v) is 7.40. The van der Waals surface area contributed by atoms with Gasteiger partial charge in [-0.15, -0.1) is 6.42 Å². The third-order valence-corrected chi connectivity index (χ3v) is 5.36. The van der Waals surface area contributed by atoms with Gasteiger partial charge in [0.05, 0.1) is 17.8 Å². The van der Waals surface area contributed by atoms with E-state index in [0.717, 1.165) is 60.7 Å². The van der Waals surface area contributed by atoms with E-state index in [2.05, 4.69) is 31.3 Å². The van der Waals surface area contributed by atoms with Gasteiger partial charge >= 0.3 is 0 Å². The first-order valence-corrected chi connectivity index (χ1v) is 9.79. The third kappa shape index (κ3) is 4.04. The SMILES string of the molecule is C#CCN1CCC(Nc2n[nH]c(-c3ccc(Cl)cc3)c2-c2ccncc2)CC1. The van der Waals surface area contributed by atoms with Gasteiger partial charge in [0.15, 0.2) is 5.82 Å². The van der Waals surface area contributed by atoms with Crippen LogP contribution in [-0.4, -0.2) is 45.8 Å². The Hall–Kier alpha value is -2.81. The molecule has 1 aromatic carbocycles. The predicted molar refractivity (Wildman–Crippen MR) is 114 cm³/mol. The molecule has 142 valence electrons. The molecule has 0 spiro atoms. The second-order valence-electron chi connectivity index (χ2n) is 6.96. The zero-order valence-corrected chi connectivity index (χ0v) is 16.3. The van der Waals surface area contributed by atoms with Crippen LogP contribution in [0, 0.1) is 12.3 Å². The Morgan fingerprint density at radius 3 is 2.50 bits per heavy atom. The lowest BCUT2D eigenvalue weighted by molar-refractivity contribution is 0.243. The topological polar surface area (TPSA) is 56.8 Å². The maximum atomic E-state index is 6.06. The van der Waals surface area contributed by atoms with Gasteiger partial charge in [-0.05, 0) is 42.7 Å². The van der Waals surface area contributed by atoms with Crippen molar-refractivity contribution >= 4 is 17.4 Å². The summed E-state index contributed by atoms with van der Waals surface area (Å²) in [5.74, 6) is 3.60. The molecule has 0 bridgehead atoms. The molecule has 0 radical (unpaired) electrons. The van der Waals surface area contributed by atoms with Gasteiger partial charge in [0.2, 0.25) is 0 Å². The molecule has 1 fully saturated rings. The molecule has 28 heavy (non-hydrogen) atoms. The highest BCUT2D eigenvalue weighted by Gasteiger charge is 2.22. The van der Waals surface area contributed by atoms with Crippen molar-refractivity contribution in [3.63, 3.8) is 0 Å². The van der Waals surface area contributed by atoms with Gasteiger partial charge in [-0.1, -0.05) is 29.7 Å². The molecule has 0 saturated carbocycles. The molecule has 0 aliphatic carbocycles. The van der Waals surface area contributed by atoms with Gasteiger partial charge in [0.25, 0.3) is 0 Å². The molecular formula is C22H22ClN5. The lowest BCUT2D eigenvalue weighted by atomic mass is 10.0. The molecule has 3 heterocycles. The van der Waals surface area contributed by atoms with Gasteiger partial charge in [-0.3, -0.25) is 15.0 Å². The zero-order chi connectivity index (χ0) is 19.3. The Bertz CT molecular complexity index is 951. The smallest absolute Gasteiger partial charge is 0.156 e. The van der Waals surface area contributed by atoms with Crippen LogP contribution >= 0.6 is 11.6 Å². The third-order valence-electron chi connectivity index (χ3n) is 5.11. The first kappa shape index (κ1) is 18.5. The van der Waals surface area contributed by atoms with Crippen molar-refractivity contribution in [1.29, 1.82) is 0 Å². The Morgan fingerprint density at radius 1 is 1.11 bits per heavy atom. The highest BCUT2D eigenvalue weighted by Crippen LogP contribution is 2.37. The predicted octanol–water partition coefficient (Wildman–Crippen LogP) is 4.30. The summed E-state index contributed by atoms with van der Waals surface area (Å²) in [6, 6.07) is 12.2. The van der Waals surface area contributed by atoms with E-state index in [-0.39, 0.29) is 0 Å². The second kappa shape index (κ2) is 8.47. The van der Waals surface area contributed by atoms with E-state index in [4.69, 9.17) is 18.0 Å². The van der Waals surface area contributed by atoms with Crippen molar-refractivity contribution in [2.75, 3.05) is 25.0 Å². The quantitative estimate of drug-likeness (QED) is 0.636. The number of nitrogens with one attached hydrogen (secondary N) is 2. The largest absolute Gasteiger partial charge is 0.365 e. The number of aromatic nitrogens is 3. The first-order chi connectivity index (χ1) is 13.7. The Balaban J connectivity index is 1.63. The highest BCUT2D eigenvalue weighted by atomic mass is 35.5. The Morgan fingerprint density at radius 2 is 1.82 bits per heavy atom. The van der Waals surface area contributed by atoms with Crippen molar-refractivity contribution < 1.29 is 0 Å². The van der Waals surface area contributed by atoms with Crippen LogP contribution in [0.25, 0.3) is 22.4 Å². The van der Waals surface area contributed by atoms with Gasteiger partial charge < -0.3 is 5.32 Å². The number of terminal acetylenes is 1. The van der Waals surface area contributed by atoms with Crippen molar-refractivity contribution in [3.8, 4) is 34.7 Å². The Kier molecular flexibility index (Phi) is 5.61. The summed E-state index contributed by atoms with van der Waals surface area (Å²) in [4.78, 5) is 6.46. The standard InChI is InChI=1S/C22H22ClN5/c1-2-13-28-14-9-19(10-15-28)25-22-20(16-7-11-24-12-8-16)21(26-27-22)17-3-5-18(23)6-4-17/h1,3-8,11-12,19H,9-10,13-15H2,(H2,25,26,27). The number of hydrogen-bond donors (Lipinski definition) is 2. The lowest BCUT2D eigenvalue weighted by Gasteiger charge is -2.31. The number of benzene rings is 1. The average Bonchev–Trinajstić information content (AvgIpc) is 3.14. The van der Waals surface area contributed by atoms with Crippen LogP contribution < -0.4 is 5.32 Å². The minimum atomic E-state index is 0.371. The summed E-state index contributed by atoms with van der Waals surface area (Å²) in [6.45, 7) is 2.72. The summed E-state index contributed by atoms with van der Waals surface area (Å²) < 4.78 is 0. The van der Waals surface area contributed by atoms with Crippen molar-refractivity contribution in [3.05, 3.63) is 53.8 Å². The molecule has 0 amide bonds. The number of piperidine rings is 1. The lowest BCUT2D eigenvalue weighted by Crippen LogP contribution is -2.39. The van der Waals surface area contributed by atoms with E-state index >= 15 is 0 Å². The summed E-state index contributed by atoms with van der Waals surface area (Å²) in [7, 11) is 0. The number of halogens is 1. The van der Waals surface area contributed by atoms with Crippen molar-refractivity contribution in [2.45, 2.75) is 18.9 Å². The number of rotatable bonds is 5. The van der Waals surface area contributed by atoms with E-state index in [1.807, 2.05) is 36.4 Å². The van der Waals surface area contributed by atoms with Crippen LogP contribution in [0.3, 0.4) is 0 Å². The molecule has 6 heteroatoms. The molecule has 5 nitrogen and oxygen atoms in total. The van der Waals surface area contributed by atoms with Crippen LogP contribution in [0.4, 0.5) is 5.82 Å². The van der Waals surface area contributed by atoms with E-state index in [0.29, 0.717) is 11.1 Å². The molecule has 1 aliphatic rings. The maximum absolute atomic E-state index is 6.06. The van der Waals surface area contributed by atoms with Crippen LogP contribution in [0.5, 0.6) is 0 Å². The highest BCUT2D eigenvalue weighted by molar-refractivity contribution is 6.30. The number of nitrogens with zero attached hydrogens (tertiary/aromatic N) is 3. The molecule has 0 unspecified atom stereocenters. The fourth-order valence-electron chi connectivity index (χ4n) is 3.63. The molecule has 0 atom stereocenters. The molecular weight excluding hydrogens is 370 g/mol. The number of likely N-dealkylation sites (tertiary alicyclic amines) is 1. The molecule has 1 aliphatic heterocycles. The zero-order valence-electron chi connectivity index (χ0n) is 15.5. The number of hydrogen-bond acceptors (Lipinski definition) is 4. The average molecular weight is 392 g/mol. The monoisotopic (exact) mass is 391 g/mol. The minimum absolute atomic E-state index is 0.371. The van der Waals surface area contributed by atoms with Crippen LogP contribution in [-0.2, 0) is 0 Å². The molecule has 2 N–H and O–H groups in total. The van der Waals surface area contributed by atoms with E-state index < -0.39 is 0 Å². The molecule has 4 rings (SSSR count). The summed E-state index contributed by atoms with van der Waals surface area (Å²) in [6.07, 6.45) is 11.1. The van der Waals surface area contributed by atoms with E-state index in [1.165, 1.54) is 0 Å². The normalized spacial score (nSPS) is 15.3. The number of anilines is 1. The minimum Gasteiger partial charge on any atom is -0.365 e. The summed E-state index contributed by atoms with van der Waals surface area (Å²) in [5, 5.41) is 12.2. The van der Waals surface area contributed by atoms with Gasteiger partial charge in [0, 0.05) is 42.1 Å². The number of H-pyrrole nitrogens is 1. The van der Waals surface area contributed by atoms with Gasteiger partial charge in [0.1, 0.15) is 0 Å². The molecule has 3 aromatic rings. The van der Waals surface area contributed by atoms with Crippen LogP contribution in [0.15, 0.2) is 48.8 Å². The fraction of sp³-hybridized carbons (Fsp3) is 0.273. The Labute approximate surface area is 170 Å². The summed E-state index contributed by atoms with van der Waals surface area (Å²) in [5.41, 5.74) is 4.13.